The van der Waals surface area contributed by atoms with Crippen LogP contribution in [0.2, 0.25) is 0 Å². The molecule has 3 N–H and O–H groups in total. The molecule has 0 saturated carbocycles. The molecule has 3 heteroatoms. The molecular formula is C12H19NO2. The standard InChI is InChI=1S/C12H19NO2/c1-8-6-9-10(15-8)4-5-11(2,3)12(9,14)7-13/h6,14H,4-5,7,13H2,1-3H3. The predicted molar refractivity (Wildman–Crippen MR) is 58.5 cm³/mol. The summed E-state index contributed by atoms with van der Waals surface area (Å²) >= 11 is 0. The second-order valence-electron chi connectivity index (χ2n) is 5.14. The first-order valence-electron chi connectivity index (χ1n) is 5.43. The van der Waals surface area contributed by atoms with Gasteiger partial charge >= 0.3 is 0 Å². The van der Waals surface area contributed by atoms with Crippen LogP contribution in [0.1, 0.15) is 37.4 Å². The Labute approximate surface area is 90.3 Å². The third kappa shape index (κ3) is 1.34. The molecule has 0 radical (unpaired) electrons. The quantitative estimate of drug-likeness (QED) is 0.740. The van der Waals surface area contributed by atoms with E-state index in [0.29, 0.717) is 0 Å². The third-order valence-corrected chi connectivity index (χ3v) is 3.77. The van der Waals surface area contributed by atoms with Gasteiger partial charge in [-0.3, -0.25) is 0 Å². The zero-order valence-electron chi connectivity index (χ0n) is 9.63. The third-order valence-electron chi connectivity index (χ3n) is 3.77. The normalized spacial score (nSPS) is 28.9. The maximum atomic E-state index is 10.7. The van der Waals surface area contributed by atoms with Crippen LogP contribution in [0, 0.1) is 12.3 Å². The summed E-state index contributed by atoms with van der Waals surface area (Å²) in [7, 11) is 0. The summed E-state index contributed by atoms with van der Waals surface area (Å²) in [5.74, 6) is 1.75. The summed E-state index contributed by atoms with van der Waals surface area (Å²) in [5.41, 5.74) is 5.50. The van der Waals surface area contributed by atoms with Crippen LogP contribution in [-0.4, -0.2) is 11.7 Å². The van der Waals surface area contributed by atoms with Crippen molar-refractivity contribution >= 4 is 0 Å². The molecule has 2 rings (SSSR count). The van der Waals surface area contributed by atoms with Crippen LogP contribution in [0.3, 0.4) is 0 Å². The first-order valence-corrected chi connectivity index (χ1v) is 5.43. The molecule has 1 aliphatic rings. The molecule has 0 amide bonds. The fourth-order valence-electron chi connectivity index (χ4n) is 2.48. The van der Waals surface area contributed by atoms with Gasteiger partial charge in [-0.15, -0.1) is 0 Å². The molecule has 1 aromatic rings. The molecule has 1 atom stereocenters. The van der Waals surface area contributed by atoms with Crippen molar-refractivity contribution in [1.29, 1.82) is 0 Å². The van der Waals surface area contributed by atoms with Crippen LogP contribution < -0.4 is 5.73 Å². The Morgan fingerprint density at radius 3 is 2.80 bits per heavy atom. The molecule has 1 unspecified atom stereocenters. The number of hydrogen-bond acceptors (Lipinski definition) is 3. The highest BCUT2D eigenvalue weighted by Crippen LogP contribution is 2.48. The van der Waals surface area contributed by atoms with Crippen molar-refractivity contribution in [2.45, 2.75) is 39.2 Å². The lowest BCUT2D eigenvalue weighted by atomic mass is 9.64. The van der Waals surface area contributed by atoms with E-state index in [1.54, 1.807) is 0 Å². The monoisotopic (exact) mass is 209 g/mol. The zero-order valence-corrected chi connectivity index (χ0v) is 9.63. The maximum Gasteiger partial charge on any atom is 0.110 e. The summed E-state index contributed by atoms with van der Waals surface area (Å²) < 4.78 is 5.58. The Hall–Kier alpha value is -0.800. The summed E-state index contributed by atoms with van der Waals surface area (Å²) in [6.07, 6.45) is 1.79. The zero-order chi connectivity index (χ0) is 11.3. The van der Waals surface area contributed by atoms with Gasteiger partial charge in [0.1, 0.15) is 17.1 Å². The van der Waals surface area contributed by atoms with Crippen molar-refractivity contribution in [3.05, 3.63) is 23.2 Å². The van der Waals surface area contributed by atoms with Gasteiger partial charge in [0.05, 0.1) is 0 Å². The van der Waals surface area contributed by atoms with Crippen molar-refractivity contribution in [2.24, 2.45) is 11.1 Å². The van der Waals surface area contributed by atoms with E-state index >= 15 is 0 Å². The van der Waals surface area contributed by atoms with Gasteiger partial charge in [0, 0.05) is 18.5 Å². The van der Waals surface area contributed by atoms with Gasteiger partial charge in [0.15, 0.2) is 0 Å². The molecular weight excluding hydrogens is 190 g/mol. The lowest BCUT2D eigenvalue weighted by Gasteiger charge is -2.45. The number of furan rings is 1. The van der Waals surface area contributed by atoms with Crippen LogP contribution in [0.15, 0.2) is 10.5 Å². The van der Waals surface area contributed by atoms with Gasteiger partial charge in [-0.1, -0.05) is 13.8 Å². The fourth-order valence-corrected chi connectivity index (χ4v) is 2.48. The Morgan fingerprint density at radius 2 is 2.20 bits per heavy atom. The molecule has 0 saturated heterocycles. The second kappa shape index (κ2) is 3.09. The highest BCUT2D eigenvalue weighted by Gasteiger charge is 2.49. The van der Waals surface area contributed by atoms with E-state index in [1.165, 1.54) is 0 Å². The molecule has 15 heavy (non-hydrogen) atoms. The van der Waals surface area contributed by atoms with Crippen LogP contribution in [-0.2, 0) is 12.0 Å². The molecule has 84 valence electrons. The van der Waals surface area contributed by atoms with Crippen LogP contribution in [0.5, 0.6) is 0 Å². The topological polar surface area (TPSA) is 59.4 Å². The number of fused-ring (bicyclic) bond motifs is 1. The van der Waals surface area contributed by atoms with E-state index in [1.807, 2.05) is 13.0 Å². The Bertz CT molecular complexity index is 381. The minimum absolute atomic E-state index is 0.189. The first-order chi connectivity index (χ1) is 6.90. The van der Waals surface area contributed by atoms with Crippen molar-refractivity contribution < 1.29 is 9.52 Å². The summed E-state index contributed by atoms with van der Waals surface area (Å²) in [4.78, 5) is 0. The molecule has 0 fully saturated rings. The van der Waals surface area contributed by atoms with Gasteiger partial charge in [0.25, 0.3) is 0 Å². The largest absolute Gasteiger partial charge is 0.466 e. The number of nitrogens with two attached hydrogens (primary N) is 1. The molecule has 1 aliphatic carbocycles. The highest BCUT2D eigenvalue weighted by atomic mass is 16.3. The maximum absolute atomic E-state index is 10.7. The number of aryl methyl sites for hydroxylation is 2. The van der Waals surface area contributed by atoms with Crippen molar-refractivity contribution in [1.82, 2.24) is 0 Å². The van der Waals surface area contributed by atoms with Crippen LogP contribution in [0.25, 0.3) is 0 Å². The molecule has 0 aromatic carbocycles. The van der Waals surface area contributed by atoms with E-state index in [2.05, 4.69) is 13.8 Å². The van der Waals surface area contributed by atoms with Crippen molar-refractivity contribution in [2.75, 3.05) is 6.54 Å². The van der Waals surface area contributed by atoms with Gasteiger partial charge in [0.2, 0.25) is 0 Å². The lowest BCUT2D eigenvalue weighted by Crippen LogP contribution is -2.50. The molecule has 0 aliphatic heterocycles. The Morgan fingerprint density at radius 1 is 1.53 bits per heavy atom. The van der Waals surface area contributed by atoms with Crippen molar-refractivity contribution in [3.63, 3.8) is 0 Å². The molecule has 1 heterocycles. The second-order valence-corrected chi connectivity index (χ2v) is 5.14. The Kier molecular flexibility index (Phi) is 2.21. The molecule has 1 aromatic heterocycles. The van der Waals surface area contributed by atoms with E-state index in [0.717, 1.165) is 29.9 Å². The van der Waals surface area contributed by atoms with E-state index in [4.69, 9.17) is 10.2 Å². The predicted octanol–water partition coefficient (Wildman–Crippen LogP) is 1.71. The summed E-state index contributed by atoms with van der Waals surface area (Å²) in [6, 6.07) is 1.92. The minimum Gasteiger partial charge on any atom is -0.466 e. The average molecular weight is 209 g/mol. The van der Waals surface area contributed by atoms with E-state index in [-0.39, 0.29) is 12.0 Å². The number of aliphatic hydroxyl groups is 1. The SMILES string of the molecule is Cc1cc2c(o1)CCC(C)(C)C2(O)CN. The highest BCUT2D eigenvalue weighted by molar-refractivity contribution is 5.33. The van der Waals surface area contributed by atoms with Gasteiger partial charge in [-0.05, 0) is 24.8 Å². The molecule has 0 spiro atoms. The van der Waals surface area contributed by atoms with Gasteiger partial charge in [-0.2, -0.15) is 0 Å². The minimum atomic E-state index is -0.946. The smallest absolute Gasteiger partial charge is 0.110 e. The Balaban J connectivity index is 2.58. The molecule has 3 nitrogen and oxygen atoms in total. The average Bonchev–Trinajstić information content (AvgIpc) is 2.54. The van der Waals surface area contributed by atoms with Gasteiger partial charge in [-0.25, -0.2) is 0 Å². The lowest BCUT2D eigenvalue weighted by molar-refractivity contribution is -0.0794. The van der Waals surface area contributed by atoms with Crippen LogP contribution in [0.4, 0.5) is 0 Å². The number of hydrogen-bond donors (Lipinski definition) is 2. The first kappa shape index (κ1) is 10.7. The fraction of sp³-hybridized carbons (Fsp3) is 0.667. The number of rotatable bonds is 1. The van der Waals surface area contributed by atoms with Crippen LogP contribution >= 0.6 is 0 Å². The molecule has 0 bridgehead atoms. The summed E-state index contributed by atoms with van der Waals surface area (Å²) in [5, 5.41) is 10.7. The summed E-state index contributed by atoms with van der Waals surface area (Å²) in [6.45, 7) is 6.27. The van der Waals surface area contributed by atoms with E-state index in [9.17, 15) is 5.11 Å². The van der Waals surface area contributed by atoms with Gasteiger partial charge < -0.3 is 15.3 Å². The van der Waals surface area contributed by atoms with E-state index < -0.39 is 5.60 Å². The van der Waals surface area contributed by atoms with Crippen molar-refractivity contribution in [3.8, 4) is 0 Å².